The number of carbonyl (C=O) groups excluding carboxylic acids is 3. The summed E-state index contributed by atoms with van der Waals surface area (Å²) in [7, 11) is 1.90. The first-order valence-corrected chi connectivity index (χ1v) is 9.72. The highest BCUT2D eigenvalue weighted by Gasteiger charge is 2.38. The van der Waals surface area contributed by atoms with Crippen LogP contribution in [0.5, 0.6) is 11.5 Å². The van der Waals surface area contributed by atoms with Crippen molar-refractivity contribution < 1.29 is 23.9 Å². The maximum absolute atomic E-state index is 13.3. The number of barbiturate groups is 1. The third-order valence-corrected chi connectivity index (χ3v) is 5.00. The monoisotopic (exact) mass is 411 g/mol. The number of urea groups is 1. The fraction of sp³-hybridized carbons (Fsp3) is 0.318. The number of benzene rings is 1. The number of amides is 4. The number of nitrogens with one attached hydrogen (secondary N) is 1. The van der Waals surface area contributed by atoms with E-state index in [1.807, 2.05) is 38.5 Å². The van der Waals surface area contributed by atoms with Crippen LogP contribution in [0.1, 0.15) is 30.8 Å². The Morgan fingerprint density at radius 1 is 1.03 bits per heavy atom. The zero-order valence-corrected chi connectivity index (χ0v) is 17.7. The summed E-state index contributed by atoms with van der Waals surface area (Å²) in [4.78, 5) is 39.2. The van der Waals surface area contributed by atoms with Crippen molar-refractivity contribution in [2.75, 3.05) is 18.1 Å². The molecule has 0 atom stereocenters. The van der Waals surface area contributed by atoms with Crippen LogP contribution in [0.4, 0.5) is 10.5 Å². The van der Waals surface area contributed by atoms with E-state index in [0.29, 0.717) is 24.7 Å². The van der Waals surface area contributed by atoms with Gasteiger partial charge in [-0.15, -0.1) is 0 Å². The van der Waals surface area contributed by atoms with E-state index in [1.54, 1.807) is 25.1 Å². The molecule has 0 bridgehead atoms. The number of anilines is 1. The number of nitrogens with zero attached hydrogens (tertiary/aromatic N) is 2. The van der Waals surface area contributed by atoms with Crippen molar-refractivity contribution in [1.29, 1.82) is 0 Å². The van der Waals surface area contributed by atoms with Crippen molar-refractivity contribution >= 4 is 29.6 Å². The van der Waals surface area contributed by atoms with Crippen molar-refractivity contribution in [2.24, 2.45) is 7.05 Å². The number of aromatic nitrogens is 1. The summed E-state index contributed by atoms with van der Waals surface area (Å²) in [6.45, 7) is 8.22. The molecule has 1 aromatic carbocycles. The van der Waals surface area contributed by atoms with E-state index >= 15 is 0 Å². The van der Waals surface area contributed by atoms with Crippen LogP contribution in [0.25, 0.3) is 6.08 Å². The highest BCUT2D eigenvalue weighted by molar-refractivity contribution is 6.39. The van der Waals surface area contributed by atoms with Gasteiger partial charge in [0.15, 0.2) is 0 Å². The Labute approximate surface area is 175 Å². The second-order valence-electron chi connectivity index (χ2n) is 6.84. The molecule has 2 heterocycles. The molecule has 0 saturated carbocycles. The summed E-state index contributed by atoms with van der Waals surface area (Å²) >= 11 is 0. The van der Waals surface area contributed by atoms with Crippen LogP contribution in [-0.4, -0.2) is 35.6 Å². The normalized spacial score (nSPS) is 15.6. The standard InChI is InChI=1S/C22H25N3O5/c1-6-29-16-8-9-19(30-7-2)18(12-16)25-21(27)17(20(26)23-22(25)28)11-15-10-13(3)24(5)14(15)4/h8-12H,6-7H2,1-5H3,(H,23,26,28). The van der Waals surface area contributed by atoms with Gasteiger partial charge in [0.2, 0.25) is 0 Å². The lowest BCUT2D eigenvalue weighted by Gasteiger charge is -2.28. The molecule has 0 unspecified atom stereocenters. The Morgan fingerprint density at radius 3 is 2.33 bits per heavy atom. The first kappa shape index (κ1) is 21.2. The van der Waals surface area contributed by atoms with E-state index in [0.717, 1.165) is 21.9 Å². The minimum Gasteiger partial charge on any atom is -0.494 e. The first-order chi connectivity index (χ1) is 14.3. The molecule has 1 fully saturated rings. The van der Waals surface area contributed by atoms with Gasteiger partial charge in [0.25, 0.3) is 11.8 Å². The molecule has 1 aromatic heterocycles. The number of rotatable bonds is 6. The number of hydrogen-bond acceptors (Lipinski definition) is 5. The lowest BCUT2D eigenvalue weighted by Crippen LogP contribution is -2.54. The SMILES string of the molecule is CCOc1ccc(OCC)c(N2C(=O)NC(=O)C(=Cc3cc(C)n(C)c3C)C2=O)c1. The summed E-state index contributed by atoms with van der Waals surface area (Å²) in [6.07, 6.45) is 1.51. The van der Waals surface area contributed by atoms with Gasteiger partial charge < -0.3 is 14.0 Å². The lowest BCUT2D eigenvalue weighted by atomic mass is 10.1. The Morgan fingerprint density at radius 2 is 1.73 bits per heavy atom. The van der Waals surface area contributed by atoms with E-state index in [1.165, 1.54) is 6.08 Å². The first-order valence-electron chi connectivity index (χ1n) is 9.72. The van der Waals surface area contributed by atoms with Crippen LogP contribution in [0, 0.1) is 13.8 Å². The van der Waals surface area contributed by atoms with Gasteiger partial charge in [-0.2, -0.15) is 0 Å². The highest BCUT2D eigenvalue weighted by Crippen LogP contribution is 2.35. The van der Waals surface area contributed by atoms with Crippen LogP contribution in [0.15, 0.2) is 29.8 Å². The van der Waals surface area contributed by atoms with Crippen LogP contribution in [0.2, 0.25) is 0 Å². The maximum atomic E-state index is 13.3. The Balaban J connectivity index is 2.09. The van der Waals surface area contributed by atoms with Crippen molar-refractivity contribution in [3.8, 4) is 11.5 Å². The van der Waals surface area contributed by atoms with Crippen molar-refractivity contribution in [2.45, 2.75) is 27.7 Å². The highest BCUT2D eigenvalue weighted by atomic mass is 16.5. The van der Waals surface area contributed by atoms with Crippen LogP contribution >= 0.6 is 0 Å². The zero-order chi connectivity index (χ0) is 22.0. The zero-order valence-electron chi connectivity index (χ0n) is 17.7. The number of aryl methyl sites for hydroxylation is 1. The van der Waals surface area contributed by atoms with Gasteiger partial charge in [-0.05, 0) is 57.5 Å². The molecule has 30 heavy (non-hydrogen) atoms. The van der Waals surface area contributed by atoms with Crippen molar-refractivity contribution in [3.63, 3.8) is 0 Å². The number of hydrogen-bond donors (Lipinski definition) is 1. The fourth-order valence-electron chi connectivity index (χ4n) is 3.27. The molecule has 1 aliphatic heterocycles. The summed E-state index contributed by atoms with van der Waals surface area (Å²) in [5.41, 5.74) is 2.70. The molecule has 8 heteroatoms. The van der Waals surface area contributed by atoms with Gasteiger partial charge in [-0.3, -0.25) is 14.9 Å². The number of imide groups is 2. The molecule has 158 valence electrons. The topological polar surface area (TPSA) is 89.9 Å². The van der Waals surface area contributed by atoms with Crippen LogP contribution in [-0.2, 0) is 16.6 Å². The molecule has 0 radical (unpaired) electrons. The molecule has 0 spiro atoms. The fourth-order valence-corrected chi connectivity index (χ4v) is 3.27. The lowest BCUT2D eigenvalue weighted by molar-refractivity contribution is -0.122. The third-order valence-electron chi connectivity index (χ3n) is 5.00. The summed E-state index contributed by atoms with van der Waals surface area (Å²) < 4.78 is 13.1. The largest absolute Gasteiger partial charge is 0.494 e. The summed E-state index contributed by atoms with van der Waals surface area (Å²) in [5, 5.41) is 2.25. The van der Waals surface area contributed by atoms with Gasteiger partial charge in [-0.1, -0.05) is 0 Å². The minimum atomic E-state index is -0.835. The van der Waals surface area contributed by atoms with E-state index in [2.05, 4.69) is 5.32 Å². The number of carbonyl (C=O) groups is 3. The molecular weight excluding hydrogens is 386 g/mol. The second-order valence-corrected chi connectivity index (χ2v) is 6.84. The van der Waals surface area contributed by atoms with E-state index in [9.17, 15) is 14.4 Å². The predicted molar refractivity (Wildman–Crippen MR) is 113 cm³/mol. The summed E-state index contributed by atoms with van der Waals surface area (Å²) in [5.74, 6) is -0.640. The predicted octanol–water partition coefficient (Wildman–Crippen LogP) is 3.11. The molecule has 2 aromatic rings. The van der Waals surface area contributed by atoms with Crippen LogP contribution in [0.3, 0.4) is 0 Å². The smallest absolute Gasteiger partial charge is 0.336 e. The molecule has 3 rings (SSSR count). The van der Waals surface area contributed by atoms with Crippen molar-refractivity contribution in [3.05, 3.63) is 46.8 Å². The minimum absolute atomic E-state index is 0.132. The maximum Gasteiger partial charge on any atom is 0.336 e. The molecule has 1 saturated heterocycles. The van der Waals surface area contributed by atoms with E-state index in [-0.39, 0.29) is 11.3 Å². The van der Waals surface area contributed by atoms with Gasteiger partial charge in [0.05, 0.1) is 18.9 Å². The van der Waals surface area contributed by atoms with Gasteiger partial charge in [0, 0.05) is 24.5 Å². The van der Waals surface area contributed by atoms with Gasteiger partial charge in [-0.25, -0.2) is 9.69 Å². The van der Waals surface area contributed by atoms with E-state index in [4.69, 9.17) is 9.47 Å². The molecule has 8 nitrogen and oxygen atoms in total. The average Bonchev–Trinajstić information content (AvgIpc) is 2.94. The third kappa shape index (κ3) is 3.80. The second kappa shape index (κ2) is 8.44. The molecular formula is C22H25N3O5. The average molecular weight is 411 g/mol. The molecule has 4 amide bonds. The number of ether oxygens (including phenoxy) is 2. The van der Waals surface area contributed by atoms with Crippen LogP contribution < -0.4 is 19.7 Å². The van der Waals surface area contributed by atoms with Gasteiger partial charge in [0.1, 0.15) is 17.1 Å². The molecule has 1 aliphatic rings. The Bertz CT molecular complexity index is 1050. The van der Waals surface area contributed by atoms with Gasteiger partial charge >= 0.3 is 6.03 Å². The quantitative estimate of drug-likeness (QED) is 0.583. The Kier molecular flexibility index (Phi) is 5.96. The molecule has 0 aliphatic carbocycles. The molecule has 1 N–H and O–H groups in total. The van der Waals surface area contributed by atoms with Crippen molar-refractivity contribution in [1.82, 2.24) is 9.88 Å². The Hall–Kier alpha value is -3.55. The summed E-state index contributed by atoms with van der Waals surface area (Å²) in [6, 6.07) is 5.93. The van der Waals surface area contributed by atoms with E-state index < -0.39 is 17.8 Å².